The van der Waals surface area contributed by atoms with E-state index in [0.717, 1.165) is 11.9 Å². The van der Waals surface area contributed by atoms with Crippen LogP contribution < -0.4 is 5.32 Å². The Balaban J connectivity index is 1.90. The number of rotatable bonds is 4. The highest BCUT2D eigenvalue weighted by Crippen LogP contribution is 2.28. The van der Waals surface area contributed by atoms with E-state index in [9.17, 15) is 9.90 Å². The van der Waals surface area contributed by atoms with Crippen molar-refractivity contribution < 1.29 is 9.90 Å². The van der Waals surface area contributed by atoms with Gasteiger partial charge in [-0.1, -0.05) is 0 Å². The number of aromatic carboxylic acids is 1. The Morgan fingerprint density at radius 1 is 1.48 bits per heavy atom. The average molecular weight is 306 g/mol. The molecule has 0 atom stereocenters. The fraction of sp³-hybridized carbons (Fsp3) is 0.500. The smallest absolute Gasteiger partial charge is 0.339 e. The first-order valence-electron chi connectivity index (χ1n) is 7.02. The summed E-state index contributed by atoms with van der Waals surface area (Å²) in [6.07, 6.45) is 5.45. The maximum absolute atomic E-state index is 11.4. The van der Waals surface area contributed by atoms with E-state index in [1.807, 2.05) is 11.8 Å². The van der Waals surface area contributed by atoms with Gasteiger partial charge in [-0.3, -0.25) is 4.68 Å². The van der Waals surface area contributed by atoms with Crippen molar-refractivity contribution in [2.75, 3.05) is 23.4 Å². The van der Waals surface area contributed by atoms with Crippen LogP contribution in [0.3, 0.4) is 0 Å². The fourth-order valence-corrected chi connectivity index (χ4v) is 3.85. The number of nitrogens with zero attached hydrogens (tertiary/aromatic N) is 3. The van der Waals surface area contributed by atoms with Gasteiger partial charge in [0.15, 0.2) is 5.65 Å². The third-order valence-electron chi connectivity index (χ3n) is 3.90. The first-order valence-corrected chi connectivity index (χ1v) is 8.18. The van der Waals surface area contributed by atoms with Crippen molar-refractivity contribution in [2.45, 2.75) is 12.8 Å². The molecule has 0 bridgehead atoms. The number of hydrogen-bond donors (Lipinski definition) is 2. The Morgan fingerprint density at radius 2 is 2.24 bits per heavy atom. The molecule has 0 aromatic carbocycles. The molecule has 2 aromatic heterocycles. The molecule has 2 aromatic rings. The number of thioether (sulfide) groups is 1. The predicted molar refractivity (Wildman–Crippen MR) is 84.0 cm³/mol. The van der Waals surface area contributed by atoms with Gasteiger partial charge in [0.05, 0.1) is 17.3 Å². The van der Waals surface area contributed by atoms with Crippen molar-refractivity contribution in [1.29, 1.82) is 0 Å². The Hall–Kier alpha value is -1.76. The van der Waals surface area contributed by atoms with Gasteiger partial charge in [-0.25, -0.2) is 9.78 Å². The number of carboxylic acids is 1. The number of aryl methyl sites for hydroxylation is 1. The summed E-state index contributed by atoms with van der Waals surface area (Å²) in [5, 5.41) is 17.6. The molecule has 0 unspecified atom stereocenters. The summed E-state index contributed by atoms with van der Waals surface area (Å²) in [5.74, 6) is 2.02. The molecule has 0 aliphatic carbocycles. The van der Waals surface area contributed by atoms with Crippen LogP contribution >= 0.6 is 11.8 Å². The average Bonchev–Trinajstić information content (AvgIpc) is 2.87. The molecular formula is C14H18N4O2S. The molecule has 3 rings (SSSR count). The number of pyridine rings is 1. The van der Waals surface area contributed by atoms with Gasteiger partial charge in [-0.15, -0.1) is 0 Å². The van der Waals surface area contributed by atoms with Crippen LogP contribution in [-0.2, 0) is 7.05 Å². The molecule has 0 amide bonds. The minimum atomic E-state index is -0.963. The van der Waals surface area contributed by atoms with Crippen molar-refractivity contribution >= 4 is 34.5 Å². The van der Waals surface area contributed by atoms with E-state index in [0.29, 0.717) is 17.3 Å². The van der Waals surface area contributed by atoms with Gasteiger partial charge in [0, 0.05) is 19.8 Å². The zero-order valence-electron chi connectivity index (χ0n) is 11.9. The standard InChI is InChI=1S/C14H18N4O2S/c1-18-13-10(8-17-18)12(11(7-16-13)14(19)20)15-6-9-2-4-21-5-3-9/h7-9H,2-6H2,1H3,(H,15,16)(H,19,20). The lowest BCUT2D eigenvalue weighted by atomic mass is 10.0. The minimum Gasteiger partial charge on any atom is -0.478 e. The largest absolute Gasteiger partial charge is 0.478 e. The first-order chi connectivity index (χ1) is 10.2. The van der Waals surface area contributed by atoms with Crippen molar-refractivity contribution in [1.82, 2.24) is 14.8 Å². The molecule has 3 heterocycles. The number of aromatic nitrogens is 3. The van der Waals surface area contributed by atoms with Gasteiger partial charge in [-0.05, 0) is 30.3 Å². The predicted octanol–water partition coefficient (Wildman–Crippen LogP) is 2.22. The second kappa shape index (κ2) is 5.93. The lowest BCUT2D eigenvalue weighted by Crippen LogP contribution is -2.20. The van der Waals surface area contributed by atoms with E-state index >= 15 is 0 Å². The Labute approximate surface area is 126 Å². The molecule has 0 saturated carbocycles. The molecule has 7 heteroatoms. The summed E-state index contributed by atoms with van der Waals surface area (Å²) in [6.45, 7) is 0.800. The molecule has 2 N–H and O–H groups in total. The minimum absolute atomic E-state index is 0.209. The molecule has 112 valence electrons. The molecule has 21 heavy (non-hydrogen) atoms. The van der Waals surface area contributed by atoms with Crippen LogP contribution in [0.4, 0.5) is 5.69 Å². The second-order valence-electron chi connectivity index (χ2n) is 5.29. The maximum atomic E-state index is 11.4. The van der Waals surface area contributed by atoms with Gasteiger partial charge in [0.1, 0.15) is 5.56 Å². The van der Waals surface area contributed by atoms with E-state index in [4.69, 9.17) is 0 Å². The third kappa shape index (κ3) is 2.83. The van der Waals surface area contributed by atoms with Crippen LogP contribution in [0.5, 0.6) is 0 Å². The molecule has 0 spiro atoms. The molecule has 1 aliphatic rings. The molecule has 1 fully saturated rings. The van der Waals surface area contributed by atoms with E-state index in [1.54, 1.807) is 17.9 Å². The number of anilines is 1. The molecule has 1 saturated heterocycles. The van der Waals surface area contributed by atoms with Crippen molar-refractivity contribution in [3.63, 3.8) is 0 Å². The van der Waals surface area contributed by atoms with Crippen LogP contribution in [-0.4, -0.2) is 43.9 Å². The van der Waals surface area contributed by atoms with E-state index in [2.05, 4.69) is 15.4 Å². The molecule has 0 radical (unpaired) electrons. The van der Waals surface area contributed by atoms with Gasteiger partial charge < -0.3 is 10.4 Å². The van der Waals surface area contributed by atoms with Gasteiger partial charge in [0.2, 0.25) is 0 Å². The summed E-state index contributed by atoms with van der Waals surface area (Å²) in [4.78, 5) is 15.6. The molecular weight excluding hydrogens is 288 g/mol. The number of nitrogens with one attached hydrogen (secondary N) is 1. The zero-order valence-corrected chi connectivity index (χ0v) is 12.7. The summed E-state index contributed by atoms with van der Waals surface area (Å²) < 4.78 is 1.66. The van der Waals surface area contributed by atoms with Gasteiger partial charge >= 0.3 is 5.97 Å². The monoisotopic (exact) mass is 306 g/mol. The van der Waals surface area contributed by atoms with Crippen LogP contribution in [0, 0.1) is 5.92 Å². The maximum Gasteiger partial charge on any atom is 0.339 e. The number of fused-ring (bicyclic) bond motifs is 1. The molecule has 1 aliphatic heterocycles. The van der Waals surface area contributed by atoms with Crippen LogP contribution in [0.25, 0.3) is 11.0 Å². The Bertz CT molecular complexity index is 664. The summed E-state index contributed by atoms with van der Waals surface area (Å²) in [6, 6.07) is 0. The van der Waals surface area contributed by atoms with Crippen LogP contribution in [0.15, 0.2) is 12.4 Å². The Morgan fingerprint density at radius 3 is 2.95 bits per heavy atom. The van der Waals surface area contributed by atoms with E-state index in [1.165, 1.54) is 30.5 Å². The zero-order chi connectivity index (χ0) is 14.8. The normalized spacial score (nSPS) is 16.2. The topological polar surface area (TPSA) is 80.0 Å². The summed E-state index contributed by atoms with van der Waals surface area (Å²) in [5.41, 5.74) is 1.54. The van der Waals surface area contributed by atoms with Gasteiger partial charge in [-0.2, -0.15) is 16.9 Å². The number of carboxylic acid groups (broad SMARTS) is 1. The first kappa shape index (κ1) is 14.2. The van der Waals surface area contributed by atoms with Crippen LogP contribution in [0.2, 0.25) is 0 Å². The number of hydrogen-bond acceptors (Lipinski definition) is 5. The SMILES string of the molecule is Cn1ncc2c(NCC3CCSCC3)c(C(=O)O)cnc21. The highest BCUT2D eigenvalue weighted by atomic mass is 32.2. The van der Waals surface area contributed by atoms with E-state index in [-0.39, 0.29) is 5.56 Å². The second-order valence-corrected chi connectivity index (χ2v) is 6.52. The fourth-order valence-electron chi connectivity index (χ4n) is 2.65. The van der Waals surface area contributed by atoms with Crippen molar-refractivity contribution in [3.05, 3.63) is 18.0 Å². The highest BCUT2D eigenvalue weighted by Gasteiger charge is 2.19. The van der Waals surface area contributed by atoms with Crippen LogP contribution in [0.1, 0.15) is 23.2 Å². The van der Waals surface area contributed by atoms with Gasteiger partial charge in [0.25, 0.3) is 0 Å². The lowest BCUT2D eigenvalue weighted by molar-refractivity contribution is 0.0697. The number of carbonyl (C=O) groups is 1. The lowest BCUT2D eigenvalue weighted by Gasteiger charge is -2.22. The molecule has 6 nitrogen and oxygen atoms in total. The van der Waals surface area contributed by atoms with Crippen molar-refractivity contribution in [2.24, 2.45) is 13.0 Å². The highest BCUT2D eigenvalue weighted by molar-refractivity contribution is 7.99. The Kier molecular flexibility index (Phi) is 4.01. The summed E-state index contributed by atoms with van der Waals surface area (Å²) >= 11 is 1.99. The van der Waals surface area contributed by atoms with Crippen molar-refractivity contribution in [3.8, 4) is 0 Å². The third-order valence-corrected chi connectivity index (χ3v) is 4.95. The summed E-state index contributed by atoms with van der Waals surface area (Å²) in [7, 11) is 1.80. The quantitative estimate of drug-likeness (QED) is 0.901. The van der Waals surface area contributed by atoms with E-state index < -0.39 is 5.97 Å².